The average Bonchev–Trinajstić information content (AvgIpc) is 2.46. The van der Waals surface area contributed by atoms with E-state index in [2.05, 4.69) is 44.2 Å². The highest BCUT2D eigenvalue weighted by atomic mass is 35.5. The Morgan fingerprint density at radius 3 is 2.44 bits per heavy atom. The molecule has 142 valence electrons. The summed E-state index contributed by atoms with van der Waals surface area (Å²) in [5, 5.41) is 3.78. The number of alkyl halides is 2. The van der Waals surface area contributed by atoms with Crippen molar-refractivity contribution in [3.05, 3.63) is 22.8 Å². The van der Waals surface area contributed by atoms with Gasteiger partial charge >= 0.3 is 0 Å². The van der Waals surface area contributed by atoms with E-state index in [0.29, 0.717) is 30.4 Å². The summed E-state index contributed by atoms with van der Waals surface area (Å²) in [6.45, 7) is 11.5. The molecule has 1 aliphatic rings. The monoisotopic (exact) mass is 390 g/mol. The highest BCUT2D eigenvalue weighted by molar-refractivity contribution is 6.74. The molecule has 1 saturated carbocycles. The molecule has 7 heteroatoms. The lowest BCUT2D eigenvalue weighted by Crippen LogP contribution is -2.40. The van der Waals surface area contributed by atoms with Gasteiger partial charge in [0.2, 0.25) is 5.92 Å². The van der Waals surface area contributed by atoms with Gasteiger partial charge in [-0.05, 0) is 48.7 Å². The first-order chi connectivity index (χ1) is 11.4. The Morgan fingerprint density at radius 2 is 1.88 bits per heavy atom. The summed E-state index contributed by atoms with van der Waals surface area (Å²) in [4.78, 5) is 4.28. The molecule has 25 heavy (non-hydrogen) atoms. The van der Waals surface area contributed by atoms with Crippen LogP contribution in [0.1, 0.15) is 52.0 Å². The van der Waals surface area contributed by atoms with Gasteiger partial charge in [-0.1, -0.05) is 32.4 Å². The lowest BCUT2D eigenvalue weighted by Gasteiger charge is -2.36. The summed E-state index contributed by atoms with van der Waals surface area (Å²) >= 11 is 6.14. The van der Waals surface area contributed by atoms with Gasteiger partial charge in [0.25, 0.3) is 0 Å². The molecule has 0 saturated heterocycles. The summed E-state index contributed by atoms with van der Waals surface area (Å²) < 4.78 is 32.8. The molecule has 0 radical (unpaired) electrons. The Hall–Kier alpha value is -0.723. The van der Waals surface area contributed by atoms with E-state index in [1.165, 1.54) is 0 Å². The van der Waals surface area contributed by atoms with E-state index in [1.807, 2.05) is 6.07 Å². The highest BCUT2D eigenvalue weighted by Crippen LogP contribution is 2.37. The van der Waals surface area contributed by atoms with Crippen LogP contribution in [0.5, 0.6) is 0 Å². The normalized spacial score (nSPS) is 19.0. The van der Waals surface area contributed by atoms with Gasteiger partial charge in [-0.2, -0.15) is 0 Å². The zero-order chi connectivity index (χ0) is 18.9. The van der Waals surface area contributed by atoms with Gasteiger partial charge in [0.15, 0.2) is 8.32 Å². The molecule has 3 nitrogen and oxygen atoms in total. The lowest BCUT2D eigenvalue weighted by atomic mass is 9.92. The third-order valence-electron chi connectivity index (χ3n) is 5.33. The molecule has 1 aromatic heterocycles. The second kappa shape index (κ2) is 7.49. The molecule has 0 amide bonds. The predicted molar refractivity (Wildman–Crippen MR) is 102 cm³/mol. The third-order valence-corrected chi connectivity index (χ3v) is 10.0. The van der Waals surface area contributed by atoms with E-state index in [0.717, 1.165) is 5.56 Å². The zero-order valence-corrected chi connectivity index (χ0v) is 17.5. The first-order valence-electron chi connectivity index (χ1n) is 8.83. The third kappa shape index (κ3) is 5.90. The van der Waals surface area contributed by atoms with E-state index in [1.54, 1.807) is 6.07 Å². The van der Waals surface area contributed by atoms with Crippen LogP contribution in [0.2, 0.25) is 23.3 Å². The number of halogens is 3. The molecule has 0 aliphatic heterocycles. The maximum atomic E-state index is 13.3. The molecule has 0 unspecified atom stereocenters. The van der Waals surface area contributed by atoms with Crippen LogP contribution in [0.3, 0.4) is 0 Å². The molecule has 1 fully saturated rings. The summed E-state index contributed by atoms with van der Waals surface area (Å²) in [5.74, 6) is -1.89. The van der Waals surface area contributed by atoms with E-state index in [-0.39, 0.29) is 23.9 Å². The van der Waals surface area contributed by atoms with Gasteiger partial charge in [-0.15, -0.1) is 0 Å². The van der Waals surface area contributed by atoms with Crippen molar-refractivity contribution in [2.24, 2.45) is 0 Å². The van der Waals surface area contributed by atoms with Crippen LogP contribution >= 0.6 is 11.6 Å². The van der Waals surface area contributed by atoms with Crippen LogP contribution in [0.25, 0.3) is 0 Å². The van der Waals surface area contributed by atoms with Crippen molar-refractivity contribution in [3.8, 4) is 0 Å². The van der Waals surface area contributed by atoms with Gasteiger partial charge in [-0.3, -0.25) is 0 Å². The molecule has 0 aromatic carbocycles. The molecular formula is C18H29ClF2N2OSi. The van der Waals surface area contributed by atoms with Crippen molar-refractivity contribution in [1.82, 2.24) is 4.98 Å². The number of pyridine rings is 1. The number of hydrogen-bond donors (Lipinski definition) is 1. The molecule has 1 aliphatic carbocycles. The fourth-order valence-corrected chi connectivity index (χ4v) is 3.77. The summed E-state index contributed by atoms with van der Waals surface area (Å²) in [6, 6.07) is 3.72. The van der Waals surface area contributed by atoms with Gasteiger partial charge < -0.3 is 9.74 Å². The van der Waals surface area contributed by atoms with Crippen molar-refractivity contribution in [2.75, 3.05) is 5.32 Å². The van der Waals surface area contributed by atoms with Crippen LogP contribution in [0.15, 0.2) is 12.1 Å². The number of nitrogens with one attached hydrogen (secondary N) is 1. The summed E-state index contributed by atoms with van der Waals surface area (Å²) in [5.41, 5.74) is 0.952. The molecule has 0 atom stereocenters. The second-order valence-corrected chi connectivity index (χ2v) is 13.7. The van der Waals surface area contributed by atoms with Crippen molar-refractivity contribution in [2.45, 2.75) is 83.2 Å². The van der Waals surface area contributed by atoms with Gasteiger partial charge in [0.05, 0.1) is 6.61 Å². The molecule has 1 aromatic rings. The van der Waals surface area contributed by atoms with Crippen molar-refractivity contribution < 1.29 is 13.2 Å². The maximum absolute atomic E-state index is 13.3. The number of rotatable bonds is 5. The van der Waals surface area contributed by atoms with E-state index in [9.17, 15) is 8.78 Å². The topological polar surface area (TPSA) is 34.1 Å². The van der Waals surface area contributed by atoms with Crippen molar-refractivity contribution in [1.29, 1.82) is 0 Å². The lowest BCUT2D eigenvalue weighted by molar-refractivity contribution is -0.0361. The summed E-state index contributed by atoms with van der Waals surface area (Å²) in [7, 11) is -1.85. The highest BCUT2D eigenvalue weighted by Gasteiger charge is 2.37. The Kier molecular flexibility index (Phi) is 6.17. The number of hydrogen-bond acceptors (Lipinski definition) is 3. The van der Waals surface area contributed by atoms with E-state index in [4.69, 9.17) is 16.0 Å². The Morgan fingerprint density at radius 1 is 1.28 bits per heavy atom. The molecule has 0 bridgehead atoms. The van der Waals surface area contributed by atoms with Gasteiger partial charge in [0.1, 0.15) is 11.0 Å². The minimum Gasteiger partial charge on any atom is -0.413 e. The molecule has 2 rings (SSSR count). The molecular weight excluding hydrogens is 362 g/mol. The number of anilines is 1. The standard InChI is InChI=1S/C18H29ClF2N2OSi/c1-17(2,3)25(4,5)24-12-13-10-15(19)23-16(11-13)22-14-6-8-18(20,21)9-7-14/h10-11,14H,6-9,12H2,1-5H3,(H,22,23). The van der Waals surface area contributed by atoms with Crippen LogP contribution in [-0.2, 0) is 11.0 Å². The fourth-order valence-electron chi connectivity index (χ4n) is 2.58. The zero-order valence-electron chi connectivity index (χ0n) is 15.8. The molecule has 0 spiro atoms. The van der Waals surface area contributed by atoms with Crippen molar-refractivity contribution >= 4 is 25.7 Å². The Balaban J connectivity index is 2.00. The number of nitrogens with zero attached hydrogens (tertiary/aromatic N) is 1. The smallest absolute Gasteiger partial charge is 0.248 e. The average molecular weight is 391 g/mol. The van der Waals surface area contributed by atoms with E-state index < -0.39 is 14.2 Å². The maximum Gasteiger partial charge on any atom is 0.248 e. The Bertz CT molecular complexity index is 595. The van der Waals surface area contributed by atoms with Crippen LogP contribution < -0.4 is 5.32 Å². The minimum atomic E-state index is -2.53. The summed E-state index contributed by atoms with van der Waals surface area (Å²) in [6.07, 6.45) is 0.729. The largest absolute Gasteiger partial charge is 0.413 e. The first kappa shape index (κ1) is 20.6. The first-order valence-corrected chi connectivity index (χ1v) is 12.1. The quantitative estimate of drug-likeness (QED) is 0.476. The van der Waals surface area contributed by atoms with E-state index >= 15 is 0 Å². The predicted octanol–water partition coefficient (Wildman–Crippen LogP) is 6.25. The van der Waals surface area contributed by atoms with Crippen LogP contribution in [-0.4, -0.2) is 25.3 Å². The Labute approximate surface area is 155 Å². The SMILES string of the molecule is CC(C)(C)[Si](C)(C)OCc1cc(Cl)nc(NC2CCC(F)(F)CC2)c1. The molecule has 1 N–H and O–H groups in total. The van der Waals surface area contributed by atoms with Gasteiger partial charge in [0, 0.05) is 18.9 Å². The molecule has 1 heterocycles. The second-order valence-electron chi connectivity index (χ2n) is 8.51. The number of aromatic nitrogens is 1. The van der Waals surface area contributed by atoms with Crippen LogP contribution in [0, 0.1) is 0 Å². The van der Waals surface area contributed by atoms with Crippen LogP contribution in [0.4, 0.5) is 14.6 Å². The van der Waals surface area contributed by atoms with Gasteiger partial charge in [-0.25, -0.2) is 13.8 Å². The van der Waals surface area contributed by atoms with Crippen molar-refractivity contribution in [3.63, 3.8) is 0 Å². The minimum absolute atomic E-state index is 0.0137. The fraction of sp³-hybridized carbons (Fsp3) is 0.722.